The number of aliphatic hydroxyl groups is 1. The lowest BCUT2D eigenvalue weighted by Crippen LogP contribution is -2.49. The van der Waals surface area contributed by atoms with Gasteiger partial charge in [0.15, 0.2) is 0 Å². The number of rotatable bonds is 4. The minimum atomic E-state index is -0.871. The van der Waals surface area contributed by atoms with Gasteiger partial charge in [-0.05, 0) is 48.9 Å². The number of carbonyl (C=O) groups is 1. The van der Waals surface area contributed by atoms with E-state index in [-0.39, 0.29) is 0 Å². The van der Waals surface area contributed by atoms with Gasteiger partial charge in [-0.2, -0.15) is 0 Å². The van der Waals surface area contributed by atoms with E-state index in [4.69, 9.17) is 5.73 Å². The SMILES string of the molecule is NC(=O)c1cccc([C@@]2(O)C[C@H]3CC[C@@H](C2)N3Cc2ccccc2)c1. The number of primary amides is 1. The second-order valence-corrected chi connectivity index (χ2v) is 7.43. The predicted molar refractivity (Wildman–Crippen MR) is 96.9 cm³/mol. The molecule has 0 unspecified atom stereocenters. The van der Waals surface area contributed by atoms with Crippen molar-refractivity contribution in [3.63, 3.8) is 0 Å². The predicted octanol–water partition coefficient (Wildman–Crippen LogP) is 2.80. The molecule has 4 heteroatoms. The van der Waals surface area contributed by atoms with Crippen molar-refractivity contribution in [2.45, 2.75) is 49.9 Å². The molecule has 0 saturated carbocycles. The monoisotopic (exact) mass is 336 g/mol. The molecule has 130 valence electrons. The van der Waals surface area contributed by atoms with Crippen LogP contribution >= 0.6 is 0 Å². The van der Waals surface area contributed by atoms with Crippen LogP contribution in [0.25, 0.3) is 0 Å². The van der Waals surface area contributed by atoms with Crippen molar-refractivity contribution in [2.24, 2.45) is 5.73 Å². The van der Waals surface area contributed by atoms with Crippen LogP contribution in [0.3, 0.4) is 0 Å². The Bertz CT molecular complexity index is 760. The molecule has 2 heterocycles. The van der Waals surface area contributed by atoms with Gasteiger partial charge in [0.2, 0.25) is 5.91 Å². The molecule has 4 rings (SSSR count). The van der Waals surface area contributed by atoms with Crippen molar-refractivity contribution in [1.29, 1.82) is 0 Å². The summed E-state index contributed by atoms with van der Waals surface area (Å²) in [5.41, 5.74) is 7.13. The number of nitrogens with zero attached hydrogens (tertiary/aromatic N) is 1. The molecular formula is C21H24N2O2. The van der Waals surface area contributed by atoms with Crippen LogP contribution in [0.15, 0.2) is 54.6 Å². The summed E-state index contributed by atoms with van der Waals surface area (Å²) in [5.74, 6) is -0.449. The standard InChI is InChI=1S/C21H24N2O2/c22-20(24)16-7-4-8-17(11-16)21(25)12-18-9-10-19(13-21)23(18)14-15-5-2-1-3-6-15/h1-8,11,18-19,25H,9-10,12-14H2,(H2,22,24)/t18-,19+,21-. The van der Waals surface area contributed by atoms with Crippen molar-refractivity contribution < 1.29 is 9.90 Å². The average molecular weight is 336 g/mol. The Hall–Kier alpha value is -2.17. The van der Waals surface area contributed by atoms with Crippen LogP contribution in [-0.2, 0) is 12.1 Å². The van der Waals surface area contributed by atoms with E-state index >= 15 is 0 Å². The first-order valence-electron chi connectivity index (χ1n) is 8.97. The van der Waals surface area contributed by atoms with Gasteiger partial charge in [0.1, 0.15) is 0 Å². The number of nitrogens with two attached hydrogens (primary N) is 1. The van der Waals surface area contributed by atoms with Crippen molar-refractivity contribution in [2.75, 3.05) is 0 Å². The number of carbonyl (C=O) groups excluding carboxylic acids is 1. The van der Waals surface area contributed by atoms with Crippen LogP contribution in [0.1, 0.15) is 47.2 Å². The topological polar surface area (TPSA) is 66.6 Å². The van der Waals surface area contributed by atoms with Crippen molar-refractivity contribution >= 4 is 5.91 Å². The molecule has 2 aromatic carbocycles. The van der Waals surface area contributed by atoms with E-state index in [1.165, 1.54) is 5.56 Å². The Morgan fingerprint density at radius 2 is 1.76 bits per heavy atom. The number of fused-ring (bicyclic) bond motifs is 2. The number of benzene rings is 2. The molecule has 3 N–H and O–H groups in total. The number of piperidine rings is 1. The highest BCUT2D eigenvalue weighted by atomic mass is 16.3. The van der Waals surface area contributed by atoms with Gasteiger partial charge in [-0.25, -0.2) is 0 Å². The molecule has 3 atom stereocenters. The van der Waals surface area contributed by atoms with E-state index < -0.39 is 11.5 Å². The molecule has 2 bridgehead atoms. The van der Waals surface area contributed by atoms with Crippen molar-refractivity contribution in [1.82, 2.24) is 4.90 Å². The number of amides is 1. The largest absolute Gasteiger partial charge is 0.385 e. The zero-order chi connectivity index (χ0) is 17.4. The van der Waals surface area contributed by atoms with Gasteiger partial charge in [0, 0.05) is 24.2 Å². The summed E-state index contributed by atoms with van der Waals surface area (Å²) < 4.78 is 0. The molecule has 2 saturated heterocycles. The number of hydrogen-bond donors (Lipinski definition) is 2. The second kappa shape index (κ2) is 6.28. The second-order valence-electron chi connectivity index (χ2n) is 7.43. The zero-order valence-corrected chi connectivity index (χ0v) is 14.3. The van der Waals surface area contributed by atoms with Crippen molar-refractivity contribution in [3.8, 4) is 0 Å². The Morgan fingerprint density at radius 3 is 2.40 bits per heavy atom. The quantitative estimate of drug-likeness (QED) is 0.902. The number of hydrogen-bond acceptors (Lipinski definition) is 3. The molecule has 25 heavy (non-hydrogen) atoms. The molecular weight excluding hydrogens is 312 g/mol. The summed E-state index contributed by atoms with van der Waals surface area (Å²) in [7, 11) is 0. The van der Waals surface area contributed by atoms with Crippen LogP contribution in [0.5, 0.6) is 0 Å². The Balaban J connectivity index is 1.56. The molecule has 0 aromatic heterocycles. The van der Waals surface area contributed by atoms with E-state index in [0.29, 0.717) is 30.5 Å². The first-order valence-corrected chi connectivity index (χ1v) is 8.97. The highest BCUT2D eigenvalue weighted by Crippen LogP contribution is 2.46. The van der Waals surface area contributed by atoms with Gasteiger partial charge >= 0.3 is 0 Å². The summed E-state index contributed by atoms with van der Waals surface area (Å²) in [6.45, 7) is 0.938. The van der Waals surface area contributed by atoms with Crippen LogP contribution in [0, 0.1) is 0 Å². The fourth-order valence-electron chi connectivity index (χ4n) is 4.57. The van der Waals surface area contributed by atoms with Crippen LogP contribution in [0.2, 0.25) is 0 Å². The lowest BCUT2D eigenvalue weighted by molar-refractivity contribution is -0.0595. The maximum atomic E-state index is 11.5. The molecule has 2 aromatic rings. The zero-order valence-electron chi connectivity index (χ0n) is 14.3. The molecule has 2 aliphatic heterocycles. The Kier molecular flexibility index (Phi) is 4.10. The maximum absolute atomic E-state index is 11.5. The summed E-state index contributed by atoms with van der Waals surface area (Å²) in [4.78, 5) is 14.0. The summed E-state index contributed by atoms with van der Waals surface area (Å²) in [6, 6.07) is 18.5. The smallest absolute Gasteiger partial charge is 0.248 e. The lowest BCUT2D eigenvalue weighted by atomic mass is 9.80. The van der Waals surface area contributed by atoms with Crippen molar-refractivity contribution in [3.05, 3.63) is 71.3 Å². The van der Waals surface area contributed by atoms with Gasteiger partial charge in [0.05, 0.1) is 5.60 Å². The molecule has 4 nitrogen and oxygen atoms in total. The first-order chi connectivity index (χ1) is 12.0. The highest BCUT2D eigenvalue weighted by molar-refractivity contribution is 5.92. The fourth-order valence-corrected chi connectivity index (χ4v) is 4.57. The van der Waals surface area contributed by atoms with E-state index in [9.17, 15) is 9.90 Å². The Labute approximate surface area is 148 Å². The molecule has 0 spiro atoms. The third-order valence-electron chi connectivity index (χ3n) is 5.81. The maximum Gasteiger partial charge on any atom is 0.248 e. The van der Waals surface area contributed by atoms with Gasteiger partial charge in [-0.3, -0.25) is 9.69 Å². The third-order valence-corrected chi connectivity index (χ3v) is 5.81. The van der Waals surface area contributed by atoms with Gasteiger partial charge in [-0.1, -0.05) is 42.5 Å². The minimum absolute atomic E-state index is 0.376. The average Bonchev–Trinajstić information content (AvgIpc) is 2.87. The lowest BCUT2D eigenvalue weighted by Gasteiger charge is -2.44. The molecule has 2 fully saturated rings. The van der Waals surface area contributed by atoms with Gasteiger partial charge in [0.25, 0.3) is 0 Å². The summed E-state index contributed by atoms with van der Waals surface area (Å²) >= 11 is 0. The fraction of sp³-hybridized carbons (Fsp3) is 0.381. The summed E-state index contributed by atoms with van der Waals surface area (Å²) in [5, 5.41) is 11.3. The molecule has 1 amide bonds. The van der Waals surface area contributed by atoms with Crippen LogP contribution in [0.4, 0.5) is 0 Å². The Morgan fingerprint density at radius 1 is 1.08 bits per heavy atom. The van der Waals surface area contributed by atoms with E-state index in [1.54, 1.807) is 12.1 Å². The van der Waals surface area contributed by atoms with E-state index in [1.807, 2.05) is 18.2 Å². The van der Waals surface area contributed by atoms with E-state index in [2.05, 4.69) is 29.2 Å². The van der Waals surface area contributed by atoms with Crippen LogP contribution in [-0.4, -0.2) is 28.0 Å². The minimum Gasteiger partial charge on any atom is -0.385 e. The highest BCUT2D eigenvalue weighted by Gasteiger charge is 2.48. The molecule has 0 radical (unpaired) electrons. The van der Waals surface area contributed by atoms with Gasteiger partial charge < -0.3 is 10.8 Å². The van der Waals surface area contributed by atoms with Crippen LogP contribution < -0.4 is 5.73 Å². The van der Waals surface area contributed by atoms with Gasteiger partial charge in [-0.15, -0.1) is 0 Å². The molecule has 0 aliphatic carbocycles. The summed E-state index contributed by atoms with van der Waals surface area (Å²) in [6.07, 6.45) is 3.65. The molecule has 2 aliphatic rings. The first kappa shape index (κ1) is 16.3. The van der Waals surface area contributed by atoms with E-state index in [0.717, 1.165) is 24.9 Å². The third kappa shape index (κ3) is 3.08. The normalized spacial score (nSPS) is 28.8.